The van der Waals surface area contributed by atoms with Gasteiger partial charge in [-0.15, -0.1) is 0 Å². The van der Waals surface area contributed by atoms with E-state index >= 15 is 0 Å². The standard InChI is InChI=1S/C10H10Cl4N2/c1-5(2)10(14)16-15-9-4-7(12)6(11)3-8(9)13/h3-5,15H,1-2H3/b16-10-. The number of rotatable bonds is 3. The monoisotopic (exact) mass is 298 g/mol. The molecule has 0 saturated heterocycles. The van der Waals surface area contributed by atoms with Crippen molar-refractivity contribution in [1.82, 2.24) is 0 Å². The predicted octanol–water partition coefficient (Wildman–Crippen LogP) is 5.27. The molecule has 1 aromatic rings. The smallest absolute Gasteiger partial charge is 0.129 e. The molecular weight excluding hydrogens is 290 g/mol. The maximum absolute atomic E-state index is 5.95. The number of benzene rings is 1. The van der Waals surface area contributed by atoms with Crippen molar-refractivity contribution in [3.05, 3.63) is 27.2 Å². The number of hydrazone groups is 1. The van der Waals surface area contributed by atoms with Gasteiger partial charge < -0.3 is 0 Å². The molecule has 0 spiro atoms. The van der Waals surface area contributed by atoms with Crippen LogP contribution < -0.4 is 5.43 Å². The molecule has 2 nitrogen and oxygen atoms in total. The molecule has 1 rings (SSSR count). The first-order valence-corrected chi connectivity index (χ1v) is 6.06. The third-order valence-corrected chi connectivity index (χ3v) is 3.33. The van der Waals surface area contributed by atoms with E-state index in [9.17, 15) is 0 Å². The highest BCUT2D eigenvalue weighted by Crippen LogP contribution is 2.32. The van der Waals surface area contributed by atoms with Gasteiger partial charge in [0, 0.05) is 5.92 Å². The topological polar surface area (TPSA) is 24.4 Å². The van der Waals surface area contributed by atoms with Gasteiger partial charge in [-0.05, 0) is 12.1 Å². The van der Waals surface area contributed by atoms with Gasteiger partial charge in [0.15, 0.2) is 0 Å². The van der Waals surface area contributed by atoms with Crippen LogP contribution in [0.25, 0.3) is 0 Å². The number of hydrogen-bond acceptors (Lipinski definition) is 2. The zero-order valence-electron chi connectivity index (χ0n) is 8.69. The lowest BCUT2D eigenvalue weighted by Crippen LogP contribution is -2.02. The summed E-state index contributed by atoms with van der Waals surface area (Å²) in [4.78, 5) is 0. The van der Waals surface area contributed by atoms with Crippen LogP contribution >= 0.6 is 46.4 Å². The molecule has 6 heteroatoms. The van der Waals surface area contributed by atoms with Crippen LogP contribution in [0.15, 0.2) is 17.2 Å². The molecule has 0 bridgehead atoms. The van der Waals surface area contributed by atoms with Gasteiger partial charge in [-0.25, -0.2) is 0 Å². The van der Waals surface area contributed by atoms with E-state index in [0.29, 0.717) is 25.9 Å². The first kappa shape index (κ1) is 13.9. The molecule has 16 heavy (non-hydrogen) atoms. The maximum Gasteiger partial charge on any atom is 0.129 e. The summed E-state index contributed by atoms with van der Waals surface area (Å²) in [5.74, 6) is 0.149. The van der Waals surface area contributed by atoms with Crippen molar-refractivity contribution >= 4 is 57.3 Å². The molecular formula is C10H10Cl4N2. The molecule has 0 fully saturated rings. The van der Waals surface area contributed by atoms with Crippen LogP contribution in [-0.2, 0) is 0 Å². The second-order valence-corrected chi connectivity index (χ2v) is 5.06. The summed E-state index contributed by atoms with van der Waals surface area (Å²) in [6.07, 6.45) is 0. The predicted molar refractivity (Wildman–Crippen MR) is 73.2 cm³/mol. The van der Waals surface area contributed by atoms with Crippen molar-refractivity contribution in [1.29, 1.82) is 0 Å². The average Bonchev–Trinajstić information content (AvgIpc) is 2.20. The van der Waals surface area contributed by atoms with E-state index in [2.05, 4.69) is 10.5 Å². The second kappa shape index (κ2) is 5.97. The Kier molecular flexibility index (Phi) is 5.19. The molecule has 0 aliphatic rings. The molecule has 0 radical (unpaired) electrons. The second-order valence-electron chi connectivity index (χ2n) is 3.45. The van der Waals surface area contributed by atoms with Gasteiger partial charge in [0.05, 0.1) is 20.8 Å². The summed E-state index contributed by atoms with van der Waals surface area (Å²) in [7, 11) is 0. The van der Waals surface area contributed by atoms with E-state index in [1.54, 1.807) is 12.1 Å². The average molecular weight is 300 g/mol. The van der Waals surface area contributed by atoms with Gasteiger partial charge in [-0.2, -0.15) is 5.10 Å². The quantitative estimate of drug-likeness (QED) is 0.459. The SMILES string of the molecule is CC(C)/C(Cl)=N/Nc1cc(Cl)c(Cl)cc1Cl. The Balaban J connectivity index is 2.90. The molecule has 0 heterocycles. The highest BCUT2D eigenvalue weighted by Gasteiger charge is 2.06. The Morgan fingerprint density at radius 1 is 1.12 bits per heavy atom. The molecule has 0 aliphatic heterocycles. The maximum atomic E-state index is 5.95. The number of halogens is 4. The fourth-order valence-corrected chi connectivity index (χ4v) is 1.48. The lowest BCUT2D eigenvalue weighted by molar-refractivity contribution is 0.895. The van der Waals surface area contributed by atoms with E-state index in [1.807, 2.05) is 13.8 Å². The summed E-state index contributed by atoms with van der Waals surface area (Å²) in [6.45, 7) is 3.87. The van der Waals surface area contributed by atoms with E-state index in [0.717, 1.165) is 0 Å². The van der Waals surface area contributed by atoms with Crippen LogP contribution in [0.4, 0.5) is 5.69 Å². The number of anilines is 1. The van der Waals surface area contributed by atoms with Crippen molar-refractivity contribution in [3.63, 3.8) is 0 Å². The Labute approximate surface area is 115 Å². The molecule has 88 valence electrons. The zero-order chi connectivity index (χ0) is 12.3. The molecule has 0 saturated carbocycles. The third kappa shape index (κ3) is 3.70. The van der Waals surface area contributed by atoms with Gasteiger partial charge in [0.1, 0.15) is 5.17 Å². The van der Waals surface area contributed by atoms with E-state index in [-0.39, 0.29) is 5.92 Å². The van der Waals surface area contributed by atoms with Crippen molar-refractivity contribution in [2.45, 2.75) is 13.8 Å². The van der Waals surface area contributed by atoms with Crippen molar-refractivity contribution in [2.24, 2.45) is 11.0 Å². The van der Waals surface area contributed by atoms with E-state index in [4.69, 9.17) is 46.4 Å². The van der Waals surface area contributed by atoms with Gasteiger partial charge in [-0.3, -0.25) is 5.43 Å². The fraction of sp³-hybridized carbons (Fsp3) is 0.300. The minimum absolute atomic E-state index is 0.149. The third-order valence-electron chi connectivity index (χ3n) is 1.77. The van der Waals surface area contributed by atoms with E-state index in [1.165, 1.54) is 0 Å². The molecule has 1 aromatic carbocycles. The fourth-order valence-electron chi connectivity index (χ4n) is 0.851. The summed E-state index contributed by atoms with van der Waals surface area (Å²) in [6, 6.07) is 3.15. The molecule has 0 amide bonds. The van der Waals surface area contributed by atoms with Crippen LogP contribution in [0, 0.1) is 5.92 Å². The molecule has 0 aromatic heterocycles. The molecule has 1 N–H and O–H groups in total. The van der Waals surface area contributed by atoms with Gasteiger partial charge in [0.25, 0.3) is 0 Å². The summed E-state index contributed by atoms with van der Waals surface area (Å²) in [5.41, 5.74) is 3.31. The number of hydrogen-bond donors (Lipinski definition) is 1. The first-order chi connectivity index (χ1) is 7.41. The van der Waals surface area contributed by atoms with E-state index < -0.39 is 0 Å². The zero-order valence-corrected chi connectivity index (χ0v) is 11.7. The van der Waals surface area contributed by atoms with Crippen LogP contribution in [0.2, 0.25) is 15.1 Å². The van der Waals surface area contributed by atoms with Crippen molar-refractivity contribution < 1.29 is 0 Å². The Morgan fingerprint density at radius 2 is 1.69 bits per heavy atom. The largest absolute Gasteiger partial charge is 0.276 e. The summed E-state index contributed by atoms with van der Waals surface area (Å²) >= 11 is 23.5. The normalized spacial score (nSPS) is 12.1. The lowest BCUT2D eigenvalue weighted by Gasteiger charge is -2.07. The van der Waals surface area contributed by atoms with Crippen LogP contribution in [-0.4, -0.2) is 5.17 Å². The molecule has 0 aliphatic carbocycles. The van der Waals surface area contributed by atoms with Crippen LogP contribution in [0.3, 0.4) is 0 Å². The Hall–Kier alpha value is -0.150. The minimum Gasteiger partial charge on any atom is -0.276 e. The number of nitrogens with one attached hydrogen (secondary N) is 1. The lowest BCUT2D eigenvalue weighted by atomic mass is 10.2. The summed E-state index contributed by atoms with van der Waals surface area (Å²) in [5, 5.41) is 5.67. The first-order valence-electron chi connectivity index (χ1n) is 4.55. The van der Waals surface area contributed by atoms with Crippen molar-refractivity contribution in [3.8, 4) is 0 Å². The molecule has 0 atom stereocenters. The van der Waals surface area contributed by atoms with Gasteiger partial charge >= 0.3 is 0 Å². The Bertz CT molecular complexity index is 416. The van der Waals surface area contributed by atoms with Crippen LogP contribution in [0.5, 0.6) is 0 Å². The van der Waals surface area contributed by atoms with Gasteiger partial charge in [0.2, 0.25) is 0 Å². The number of nitrogens with zero attached hydrogens (tertiary/aromatic N) is 1. The Morgan fingerprint density at radius 3 is 2.25 bits per heavy atom. The van der Waals surface area contributed by atoms with Crippen LogP contribution in [0.1, 0.15) is 13.8 Å². The minimum atomic E-state index is 0.149. The highest BCUT2D eigenvalue weighted by molar-refractivity contribution is 6.65. The highest BCUT2D eigenvalue weighted by atomic mass is 35.5. The van der Waals surface area contributed by atoms with Crippen molar-refractivity contribution in [2.75, 3.05) is 5.43 Å². The molecule has 0 unspecified atom stereocenters. The van der Waals surface area contributed by atoms with Gasteiger partial charge in [-0.1, -0.05) is 60.3 Å². The summed E-state index contributed by atoms with van der Waals surface area (Å²) < 4.78 is 0.